The molecule has 1 aromatic carbocycles. The molecule has 0 aliphatic carbocycles. The van der Waals surface area contributed by atoms with Crippen molar-refractivity contribution in [2.75, 3.05) is 25.6 Å². The first-order chi connectivity index (χ1) is 9.53. The number of esters is 1. The summed E-state index contributed by atoms with van der Waals surface area (Å²) in [5.74, 6) is -0.238. The number of methoxy groups -OCH3 is 1. The maximum absolute atomic E-state index is 12.2. The van der Waals surface area contributed by atoms with Crippen molar-refractivity contribution >= 4 is 11.7 Å². The van der Waals surface area contributed by atoms with E-state index >= 15 is 0 Å². The molecule has 1 aliphatic heterocycles. The Kier molecular flexibility index (Phi) is 4.65. The van der Waals surface area contributed by atoms with E-state index < -0.39 is 0 Å². The molecule has 0 unspecified atom stereocenters. The average Bonchev–Trinajstić information content (AvgIpc) is 2.46. The summed E-state index contributed by atoms with van der Waals surface area (Å²) in [6, 6.07) is 5.75. The number of carbonyl (C=O) groups is 1. The van der Waals surface area contributed by atoms with E-state index in [1.807, 2.05) is 32.0 Å². The molecule has 20 heavy (non-hydrogen) atoms. The number of ether oxygens (including phenoxy) is 2. The summed E-state index contributed by atoms with van der Waals surface area (Å²) in [5.41, 5.74) is 2.56. The van der Waals surface area contributed by atoms with Crippen LogP contribution < -0.4 is 5.32 Å². The van der Waals surface area contributed by atoms with Gasteiger partial charge in [-0.15, -0.1) is 0 Å². The predicted molar refractivity (Wildman–Crippen MR) is 79.2 cm³/mol. The molecule has 0 radical (unpaired) electrons. The zero-order chi connectivity index (χ0) is 14.6. The van der Waals surface area contributed by atoms with Crippen LogP contribution in [-0.4, -0.2) is 31.8 Å². The Hall–Kier alpha value is -1.55. The second-order valence-electron chi connectivity index (χ2n) is 5.71. The third-order valence-electron chi connectivity index (χ3n) is 3.80. The Morgan fingerprint density at radius 3 is 2.95 bits per heavy atom. The Morgan fingerprint density at radius 2 is 2.20 bits per heavy atom. The number of fused-ring (bicyclic) bond motifs is 1. The zero-order valence-corrected chi connectivity index (χ0v) is 12.5. The van der Waals surface area contributed by atoms with Gasteiger partial charge < -0.3 is 14.8 Å². The Balaban J connectivity index is 2.00. The lowest BCUT2D eigenvalue weighted by Gasteiger charge is -2.23. The molecule has 1 N–H and O–H groups in total. The van der Waals surface area contributed by atoms with Crippen molar-refractivity contribution in [3.05, 3.63) is 29.3 Å². The SMILES string of the molecule is COC(C)(C)CCOC(=O)c1cccc2c1CCCN2. The smallest absolute Gasteiger partial charge is 0.338 e. The molecule has 0 saturated carbocycles. The van der Waals surface area contributed by atoms with E-state index in [0.717, 1.165) is 30.6 Å². The van der Waals surface area contributed by atoms with Gasteiger partial charge in [0, 0.05) is 25.8 Å². The van der Waals surface area contributed by atoms with Gasteiger partial charge in [-0.05, 0) is 44.4 Å². The third kappa shape index (κ3) is 3.51. The van der Waals surface area contributed by atoms with E-state index in [2.05, 4.69) is 5.32 Å². The Labute approximate surface area is 120 Å². The van der Waals surface area contributed by atoms with Crippen LogP contribution in [0.25, 0.3) is 0 Å². The van der Waals surface area contributed by atoms with Gasteiger partial charge in [0.2, 0.25) is 0 Å². The first-order valence-electron chi connectivity index (χ1n) is 7.11. The van der Waals surface area contributed by atoms with Gasteiger partial charge in [-0.25, -0.2) is 4.79 Å². The number of anilines is 1. The molecule has 110 valence electrons. The van der Waals surface area contributed by atoms with Gasteiger partial charge in [-0.2, -0.15) is 0 Å². The molecule has 0 spiro atoms. The average molecular weight is 277 g/mol. The van der Waals surface area contributed by atoms with Gasteiger partial charge in [0.25, 0.3) is 0 Å². The number of carbonyl (C=O) groups excluding carboxylic acids is 1. The summed E-state index contributed by atoms with van der Waals surface area (Å²) in [6.45, 7) is 5.30. The lowest BCUT2D eigenvalue weighted by Crippen LogP contribution is -2.25. The zero-order valence-electron chi connectivity index (χ0n) is 12.5. The van der Waals surface area contributed by atoms with E-state index in [9.17, 15) is 4.79 Å². The van der Waals surface area contributed by atoms with E-state index in [4.69, 9.17) is 9.47 Å². The molecule has 0 aromatic heterocycles. The number of hydrogen-bond donors (Lipinski definition) is 1. The van der Waals surface area contributed by atoms with Crippen LogP contribution in [0.2, 0.25) is 0 Å². The molecule has 0 saturated heterocycles. The molecule has 1 aliphatic rings. The number of nitrogens with one attached hydrogen (secondary N) is 1. The minimum Gasteiger partial charge on any atom is -0.462 e. The van der Waals surface area contributed by atoms with Gasteiger partial charge in [0.15, 0.2) is 0 Å². The van der Waals surface area contributed by atoms with Crippen LogP contribution in [0.1, 0.15) is 42.6 Å². The van der Waals surface area contributed by atoms with Crippen molar-refractivity contribution in [1.29, 1.82) is 0 Å². The summed E-state index contributed by atoms with van der Waals surface area (Å²) in [7, 11) is 1.67. The molecule has 0 bridgehead atoms. The lowest BCUT2D eigenvalue weighted by atomic mass is 9.98. The maximum Gasteiger partial charge on any atom is 0.338 e. The normalized spacial score (nSPS) is 14.3. The number of hydrogen-bond acceptors (Lipinski definition) is 4. The van der Waals surface area contributed by atoms with Crippen molar-refractivity contribution in [3.63, 3.8) is 0 Å². The highest BCUT2D eigenvalue weighted by Gasteiger charge is 2.20. The third-order valence-corrected chi connectivity index (χ3v) is 3.80. The summed E-state index contributed by atoms with van der Waals surface area (Å²) in [6.07, 6.45) is 2.66. The van der Waals surface area contributed by atoms with Crippen LogP contribution in [0.15, 0.2) is 18.2 Å². The summed E-state index contributed by atoms with van der Waals surface area (Å²) in [4.78, 5) is 12.2. The predicted octanol–water partition coefficient (Wildman–Crippen LogP) is 3.02. The van der Waals surface area contributed by atoms with Gasteiger partial charge in [-0.3, -0.25) is 0 Å². The summed E-state index contributed by atoms with van der Waals surface area (Å²) >= 11 is 0. The van der Waals surface area contributed by atoms with E-state index in [1.54, 1.807) is 7.11 Å². The fourth-order valence-electron chi connectivity index (χ4n) is 2.27. The van der Waals surface area contributed by atoms with Gasteiger partial charge in [-0.1, -0.05) is 6.07 Å². The van der Waals surface area contributed by atoms with Crippen molar-refractivity contribution in [3.8, 4) is 0 Å². The van der Waals surface area contributed by atoms with Crippen LogP contribution >= 0.6 is 0 Å². The molecule has 2 rings (SSSR count). The molecule has 1 aromatic rings. The Bertz CT molecular complexity index is 483. The molecule has 4 nitrogen and oxygen atoms in total. The first-order valence-corrected chi connectivity index (χ1v) is 7.11. The fraction of sp³-hybridized carbons (Fsp3) is 0.562. The second-order valence-corrected chi connectivity index (χ2v) is 5.71. The maximum atomic E-state index is 12.2. The molecule has 0 amide bonds. The first kappa shape index (κ1) is 14.9. The molecule has 4 heteroatoms. The monoisotopic (exact) mass is 277 g/mol. The van der Waals surface area contributed by atoms with Gasteiger partial charge in [0.1, 0.15) is 0 Å². The summed E-state index contributed by atoms with van der Waals surface area (Å²) < 4.78 is 10.7. The van der Waals surface area contributed by atoms with Crippen molar-refractivity contribution < 1.29 is 14.3 Å². The van der Waals surface area contributed by atoms with E-state index in [0.29, 0.717) is 18.6 Å². The molecule has 1 heterocycles. The molecular formula is C16H23NO3. The van der Waals surface area contributed by atoms with Crippen LogP contribution in [0.4, 0.5) is 5.69 Å². The second kappa shape index (κ2) is 6.27. The standard InChI is InChI=1S/C16H23NO3/c1-16(2,19-3)9-11-20-15(18)13-6-4-8-14-12(13)7-5-10-17-14/h4,6,8,17H,5,7,9-11H2,1-3H3. The highest BCUT2D eigenvalue weighted by Crippen LogP contribution is 2.26. The Morgan fingerprint density at radius 1 is 1.40 bits per heavy atom. The minimum absolute atomic E-state index is 0.238. The largest absolute Gasteiger partial charge is 0.462 e. The van der Waals surface area contributed by atoms with Crippen LogP contribution in [0, 0.1) is 0 Å². The molecule has 0 atom stereocenters. The number of benzene rings is 1. The minimum atomic E-state index is -0.266. The van der Waals surface area contributed by atoms with Crippen molar-refractivity contribution in [1.82, 2.24) is 0 Å². The van der Waals surface area contributed by atoms with Crippen LogP contribution in [-0.2, 0) is 15.9 Å². The van der Waals surface area contributed by atoms with Gasteiger partial charge >= 0.3 is 5.97 Å². The van der Waals surface area contributed by atoms with Crippen LogP contribution in [0.3, 0.4) is 0 Å². The van der Waals surface area contributed by atoms with Crippen LogP contribution in [0.5, 0.6) is 0 Å². The quantitative estimate of drug-likeness (QED) is 0.840. The summed E-state index contributed by atoms with van der Waals surface area (Å²) in [5, 5.41) is 3.32. The lowest BCUT2D eigenvalue weighted by molar-refractivity contribution is -0.00566. The molecule has 0 fully saturated rings. The molecular weight excluding hydrogens is 254 g/mol. The van der Waals surface area contributed by atoms with Gasteiger partial charge in [0.05, 0.1) is 17.8 Å². The van der Waals surface area contributed by atoms with E-state index in [-0.39, 0.29) is 11.6 Å². The van der Waals surface area contributed by atoms with Crippen molar-refractivity contribution in [2.24, 2.45) is 0 Å². The highest BCUT2D eigenvalue weighted by molar-refractivity contribution is 5.93. The number of rotatable bonds is 5. The van der Waals surface area contributed by atoms with E-state index in [1.165, 1.54) is 0 Å². The highest BCUT2D eigenvalue weighted by atomic mass is 16.5. The topological polar surface area (TPSA) is 47.6 Å². The van der Waals surface area contributed by atoms with Crippen molar-refractivity contribution in [2.45, 2.75) is 38.7 Å². The fourth-order valence-corrected chi connectivity index (χ4v) is 2.27.